The van der Waals surface area contributed by atoms with Crippen molar-refractivity contribution < 1.29 is 0 Å². The van der Waals surface area contributed by atoms with Gasteiger partial charge in [-0.05, 0) is 42.2 Å². The molecule has 0 fully saturated rings. The van der Waals surface area contributed by atoms with Gasteiger partial charge in [0, 0.05) is 28.8 Å². The zero-order valence-electron chi connectivity index (χ0n) is 11.7. The first-order valence-corrected chi connectivity index (χ1v) is 8.26. The summed E-state index contributed by atoms with van der Waals surface area (Å²) in [5, 5.41) is 0. The molecule has 108 valence electrons. The molecule has 3 rings (SSSR count). The molecular weight excluding hydrogens is 344 g/mol. The van der Waals surface area contributed by atoms with Gasteiger partial charge in [-0.1, -0.05) is 52.4 Å². The lowest BCUT2D eigenvalue weighted by Crippen LogP contribution is -2.25. The van der Waals surface area contributed by atoms with Gasteiger partial charge < -0.3 is 10.6 Å². The minimum absolute atomic E-state index is 0.448. The monoisotopic (exact) mass is 360 g/mol. The highest BCUT2D eigenvalue weighted by molar-refractivity contribution is 9.10. The summed E-state index contributed by atoms with van der Waals surface area (Å²) in [6.45, 7) is 1.93. The summed E-state index contributed by atoms with van der Waals surface area (Å²) in [5.41, 5.74) is 10.8. The number of hydrogen-bond acceptors (Lipinski definition) is 2. The first-order chi connectivity index (χ1) is 10.1. The predicted molar refractivity (Wildman–Crippen MR) is 95.8 cm³/mol. The van der Waals surface area contributed by atoms with E-state index in [9.17, 15) is 0 Å². The van der Waals surface area contributed by atoms with Crippen LogP contribution in [0.15, 0.2) is 46.9 Å². The van der Waals surface area contributed by atoms with Crippen molar-refractivity contribution in [3.8, 4) is 0 Å². The molecule has 0 saturated carbocycles. The molecule has 0 spiro atoms. The lowest BCUT2D eigenvalue weighted by Gasteiger charge is -2.26. The topological polar surface area (TPSA) is 29.3 Å². The fraction of sp³-hybridized carbons (Fsp3) is 0.235. The summed E-state index contributed by atoms with van der Waals surface area (Å²) in [4.78, 5) is 2.83. The molecule has 0 bridgehead atoms. The van der Waals surface area contributed by atoms with Crippen LogP contribution in [-0.2, 0) is 13.0 Å². The van der Waals surface area contributed by atoms with Gasteiger partial charge in [-0.25, -0.2) is 0 Å². The molecule has 0 aromatic heterocycles. The highest BCUT2D eigenvalue weighted by atomic mass is 79.9. The van der Waals surface area contributed by atoms with Crippen LogP contribution in [0.1, 0.15) is 23.1 Å². The number of hydrogen-bond donors (Lipinski definition) is 1. The van der Waals surface area contributed by atoms with Crippen LogP contribution in [0.4, 0.5) is 5.69 Å². The second kappa shape index (κ2) is 6.16. The average Bonchev–Trinajstić information content (AvgIpc) is 2.69. The number of anilines is 1. The number of benzene rings is 2. The van der Waals surface area contributed by atoms with E-state index in [4.69, 9.17) is 18.0 Å². The Hall–Kier alpha value is -1.39. The summed E-state index contributed by atoms with van der Waals surface area (Å²) in [7, 11) is 0. The number of halogens is 1. The van der Waals surface area contributed by atoms with Crippen molar-refractivity contribution in [2.45, 2.75) is 19.4 Å². The van der Waals surface area contributed by atoms with Crippen molar-refractivity contribution in [2.75, 3.05) is 11.4 Å². The van der Waals surface area contributed by atoms with E-state index >= 15 is 0 Å². The number of thiocarbonyl (C=S) groups is 1. The van der Waals surface area contributed by atoms with Gasteiger partial charge >= 0.3 is 0 Å². The Bertz CT molecular complexity index is 684. The third-order valence-electron chi connectivity index (χ3n) is 3.92. The molecule has 1 aliphatic rings. The van der Waals surface area contributed by atoms with Gasteiger partial charge in [0.15, 0.2) is 0 Å². The number of nitrogens with zero attached hydrogens (tertiary/aromatic N) is 1. The third-order valence-corrected chi connectivity index (χ3v) is 4.63. The minimum Gasteiger partial charge on any atom is -0.389 e. The fourth-order valence-electron chi connectivity index (χ4n) is 2.89. The smallest absolute Gasteiger partial charge is 0.106 e. The van der Waals surface area contributed by atoms with Crippen LogP contribution in [0.25, 0.3) is 0 Å². The summed E-state index contributed by atoms with van der Waals surface area (Å²) in [5.74, 6) is 0. The highest BCUT2D eigenvalue weighted by Crippen LogP contribution is 2.29. The maximum atomic E-state index is 5.91. The second-order valence-corrected chi connectivity index (χ2v) is 6.68. The van der Waals surface area contributed by atoms with Crippen LogP contribution in [0.3, 0.4) is 0 Å². The first-order valence-electron chi connectivity index (χ1n) is 7.06. The maximum absolute atomic E-state index is 5.91. The van der Waals surface area contributed by atoms with Crippen molar-refractivity contribution in [3.05, 3.63) is 63.6 Å². The molecule has 2 N–H and O–H groups in total. The number of nitrogens with two attached hydrogens (primary N) is 1. The Morgan fingerprint density at radius 3 is 2.67 bits per heavy atom. The Kier molecular flexibility index (Phi) is 4.27. The summed E-state index contributed by atoms with van der Waals surface area (Å²) >= 11 is 8.72. The molecule has 4 heteroatoms. The van der Waals surface area contributed by atoms with E-state index in [2.05, 4.69) is 51.2 Å². The molecular formula is C17H17BrN2S. The largest absolute Gasteiger partial charge is 0.389 e. The molecule has 21 heavy (non-hydrogen) atoms. The predicted octanol–water partition coefficient (Wildman–Crippen LogP) is 4.04. The molecule has 0 amide bonds. The summed E-state index contributed by atoms with van der Waals surface area (Å²) in [6.07, 6.45) is 2.27. The molecule has 2 aromatic rings. The fourth-order valence-corrected chi connectivity index (χ4v) is 3.41. The first kappa shape index (κ1) is 14.5. The van der Waals surface area contributed by atoms with Gasteiger partial charge in [0.25, 0.3) is 0 Å². The Morgan fingerprint density at radius 2 is 1.90 bits per heavy atom. The van der Waals surface area contributed by atoms with Gasteiger partial charge in [-0.15, -0.1) is 0 Å². The van der Waals surface area contributed by atoms with E-state index < -0.39 is 0 Å². The summed E-state index contributed by atoms with van der Waals surface area (Å²) < 4.78 is 1.00. The number of rotatable bonds is 2. The van der Waals surface area contributed by atoms with Crippen molar-refractivity contribution in [1.82, 2.24) is 0 Å². The molecule has 2 nitrogen and oxygen atoms in total. The maximum Gasteiger partial charge on any atom is 0.106 e. The van der Waals surface area contributed by atoms with E-state index in [1.807, 2.05) is 12.1 Å². The van der Waals surface area contributed by atoms with Crippen LogP contribution < -0.4 is 10.6 Å². The number of fused-ring (bicyclic) bond motifs is 1. The molecule has 0 radical (unpaired) electrons. The third kappa shape index (κ3) is 3.11. The normalized spacial score (nSPS) is 14.4. The molecule has 0 unspecified atom stereocenters. The lowest BCUT2D eigenvalue weighted by atomic mass is 10.0. The standard InChI is InChI=1S/C17H17BrN2S/c18-14-7-8-16(15(10-14)17(19)21)20-9-3-6-12-4-1-2-5-13(12)11-20/h1-2,4-5,7-8,10H,3,6,9,11H2,(H2,19,21). The van der Waals surface area contributed by atoms with Crippen LogP contribution in [0, 0.1) is 0 Å². The van der Waals surface area contributed by atoms with Crippen LogP contribution in [0.2, 0.25) is 0 Å². The molecule has 0 atom stereocenters. The van der Waals surface area contributed by atoms with Crippen LogP contribution in [0.5, 0.6) is 0 Å². The van der Waals surface area contributed by atoms with Crippen molar-refractivity contribution >= 4 is 38.8 Å². The van der Waals surface area contributed by atoms with E-state index in [1.165, 1.54) is 11.1 Å². The van der Waals surface area contributed by atoms with E-state index in [-0.39, 0.29) is 0 Å². The molecule has 1 aliphatic heterocycles. The minimum atomic E-state index is 0.448. The Morgan fingerprint density at radius 1 is 1.14 bits per heavy atom. The Balaban J connectivity index is 2.00. The molecule has 2 aromatic carbocycles. The van der Waals surface area contributed by atoms with Gasteiger partial charge in [-0.3, -0.25) is 0 Å². The van der Waals surface area contributed by atoms with Gasteiger partial charge in [0.05, 0.1) is 0 Å². The van der Waals surface area contributed by atoms with Crippen molar-refractivity contribution in [1.29, 1.82) is 0 Å². The van der Waals surface area contributed by atoms with E-state index in [0.29, 0.717) is 4.99 Å². The lowest BCUT2D eigenvalue weighted by molar-refractivity contribution is 0.765. The van der Waals surface area contributed by atoms with Gasteiger partial charge in [-0.2, -0.15) is 0 Å². The summed E-state index contributed by atoms with van der Waals surface area (Å²) in [6, 6.07) is 14.8. The molecule has 0 saturated heterocycles. The van der Waals surface area contributed by atoms with E-state index in [1.54, 1.807) is 0 Å². The Labute approximate surface area is 139 Å². The van der Waals surface area contributed by atoms with Crippen LogP contribution >= 0.6 is 28.1 Å². The molecule has 1 heterocycles. The highest BCUT2D eigenvalue weighted by Gasteiger charge is 2.18. The van der Waals surface area contributed by atoms with Crippen molar-refractivity contribution in [3.63, 3.8) is 0 Å². The van der Waals surface area contributed by atoms with E-state index in [0.717, 1.165) is 41.7 Å². The quantitative estimate of drug-likeness (QED) is 0.819. The average molecular weight is 361 g/mol. The van der Waals surface area contributed by atoms with Gasteiger partial charge in [0.2, 0.25) is 0 Å². The zero-order chi connectivity index (χ0) is 14.8. The van der Waals surface area contributed by atoms with Gasteiger partial charge in [0.1, 0.15) is 4.99 Å². The van der Waals surface area contributed by atoms with Crippen molar-refractivity contribution in [2.24, 2.45) is 5.73 Å². The number of aryl methyl sites for hydroxylation is 1. The second-order valence-electron chi connectivity index (χ2n) is 5.32. The van der Waals surface area contributed by atoms with Crippen LogP contribution in [-0.4, -0.2) is 11.5 Å². The molecule has 0 aliphatic carbocycles. The SMILES string of the molecule is NC(=S)c1cc(Br)ccc1N1CCCc2ccccc2C1. The zero-order valence-corrected chi connectivity index (χ0v) is 14.1.